The van der Waals surface area contributed by atoms with E-state index in [0.717, 1.165) is 54.1 Å². The summed E-state index contributed by atoms with van der Waals surface area (Å²) in [6.07, 6.45) is 3.68. The lowest BCUT2D eigenvalue weighted by molar-refractivity contribution is -0.146. The van der Waals surface area contributed by atoms with Crippen molar-refractivity contribution in [3.8, 4) is 0 Å². The summed E-state index contributed by atoms with van der Waals surface area (Å²) in [7, 11) is -3.32. The quantitative estimate of drug-likeness (QED) is 0.170. The lowest BCUT2D eigenvalue weighted by Crippen LogP contribution is -2.55. The van der Waals surface area contributed by atoms with Crippen LogP contribution in [0.2, 0.25) is 18.6 Å². The molecule has 2 N–H and O–H groups in total. The van der Waals surface area contributed by atoms with Gasteiger partial charge in [0.1, 0.15) is 5.54 Å². The molecule has 1 aromatic heterocycles. The fraction of sp³-hybridized carbons (Fsp3) is 0.450. The number of aliphatic hydroxyl groups excluding tert-OH is 1. The highest BCUT2D eigenvalue weighted by Gasteiger charge is 2.66. The van der Waals surface area contributed by atoms with E-state index >= 15 is 4.11 Å². The van der Waals surface area contributed by atoms with E-state index in [-0.39, 0.29) is 18.4 Å². The third-order valence-electron chi connectivity index (χ3n) is 12.0. The highest BCUT2D eigenvalue weighted by atomic mass is 28.4. The van der Waals surface area contributed by atoms with Crippen LogP contribution in [0.3, 0.4) is 0 Å². The first-order valence-electron chi connectivity index (χ1n) is 18.8. The molecule has 3 aromatic carbocycles. The van der Waals surface area contributed by atoms with Crippen LogP contribution in [0.25, 0.3) is 0 Å². The maximum absolute atomic E-state index is 16.3. The summed E-state index contributed by atoms with van der Waals surface area (Å²) in [5.41, 5.74) is 2.71. The number of aliphatic hydroxyl groups is 1. The van der Waals surface area contributed by atoms with Crippen molar-refractivity contribution < 1.29 is 23.5 Å². The SMILES string of the molecule is C[C@H]1[C@H]([Si](C)(C)F)[C@@H](CCn2cc(CCO)nn2)O[C@]12C(=O)N(Cc1ccc(N3CN(c4ccccc4)C4(CCNCC4)C3=O)cc1)c1ccccc12. The summed E-state index contributed by atoms with van der Waals surface area (Å²) >= 11 is 0. The number of benzene rings is 3. The van der Waals surface area contributed by atoms with Crippen molar-refractivity contribution in [2.45, 2.75) is 81.6 Å². The number of aryl methyl sites for hydroxylation is 1. The van der Waals surface area contributed by atoms with Gasteiger partial charge in [-0.25, -0.2) is 0 Å². The molecule has 0 bridgehead atoms. The highest BCUT2D eigenvalue weighted by molar-refractivity contribution is 6.72. The monoisotopic (exact) mass is 737 g/mol. The average Bonchev–Trinajstić information content (AvgIpc) is 3.88. The first-order chi connectivity index (χ1) is 25.6. The topological polar surface area (TPSA) is 116 Å². The highest BCUT2D eigenvalue weighted by Crippen LogP contribution is 2.60. The second kappa shape index (κ2) is 13.8. The van der Waals surface area contributed by atoms with Gasteiger partial charge in [0.2, 0.25) is 8.41 Å². The van der Waals surface area contributed by atoms with Gasteiger partial charge in [0.15, 0.2) is 5.60 Å². The van der Waals surface area contributed by atoms with Crippen LogP contribution in [0.15, 0.2) is 85.1 Å². The zero-order valence-electron chi connectivity index (χ0n) is 30.6. The minimum Gasteiger partial charge on any atom is -0.396 e. The number of halogens is 1. The fourth-order valence-electron chi connectivity index (χ4n) is 9.50. The van der Waals surface area contributed by atoms with Crippen molar-refractivity contribution in [1.82, 2.24) is 20.3 Å². The summed E-state index contributed by atoms with van der Waals surface area (Å²) in [6.45, 7) is 8.19. The Morgan fingerprint density at radius 1 is 0.962 bits per heavy atom. The minimum atomic E-state index is -3.32. The average molecular weight is 738 g/mol. The third-order valence-corrected chi connectivity index (χ3v) is 14.5. The Hall–Kier alpha value is -4.43. The third kappa shape index (κ3) is 5.98. The molecule has 0 radical (unpaired) electrons. The molecule has 278 valence electrons. The molecule has 0 unspecified atom stereocenters. The standard InChI is InChI=1S/C40H48FN7O4Si/c1-28-36(53(2,3)41)35(17-23-45-26-30(18-24-49)43-44-45)52-40(28)33-11-7-8-12-34(33)46(38(40)51)25-29-13-15-31(16-14-29)47-27-48(32-9-5-4-6-10-32)39(37(47)50)19-21-42-22-20-39/h4-16,26,28,35-36,42,49H,17-25,27H2,1-3H3/t28-,35+,36-,40+/m0/s1. The van der Waals surface area contributed by atoms with Crippen LogP contribution >= 0.6 is 0 Å². The van der Waals surface area contributed by atoms with Crippen LogP contribution in [-0.2, 0) is 39.4 Å². The number of fused-ring (bicyclic) bond motifs is 2. The van der Waals surface area contributed by atoms with Gasteiger partial charge < -0.3 is 29.1 Å². The molecule has 2 spiro atoms. The first-order valence-corrected chi connectivity index (χ1v) is 21.7. The molecule has 11 nitrogen and oxygen atoms in total. The second-order valence-corrected chi connectivity index (χ2v) is 19.3. The number of amides is 2. The Kier molecular flexibility index (Phi) is 9.24. The Balaban J connectivity index is 1.04. The van der Waals surface area contributed by atoms with Crippen molar-refractivity contribution in [2.75, 3.05) is 41.1 Å². The molecule has 0 saturated carbocycles. The molecule has 13 heteroatoms. The summed E-state index contributed by atoms with van der Waals surface area (Å²) in [5.74, 6) is -0.448. The molecule has 4 atom stereocenters. The smallest absolute Gasteiger partial charge is 0.264 e. The number of ether oxygens (including phenoxy) is 1. The number of rotatable bonds is 10. The number of carbonyl (C=O) groups is 2. The molecule has 0 aliphatic carbocycles. The number of piperidine rings is 1. The Morgan fingerprint density at radius 3 is 2.40 bits per heavy atom. The number of anilines is 3. The lowest BCUT2D eigenvalue weighted by atomic mass is 9.82. The molecule has 53 heavy (non-hydrogen) atoms. The van der Waals surface area contributed by atoms with E-state index in [0.29, 0.717) is 38.3 Å². The molecule has 2 amide bonds. The molecule has 4 aliphatic rings. The Morgan fingerprint density at radius 2 is 1.68 bits per heavy atom. The number of hydrogen-bond acceptors (Lipinski definition) is 8. The van der Waals surface area contributed by atoms with Crippen LogP contribution in [0.1, 0.15) is 43.0 Å². The van der Waals surface area contributed by atoms with E-state index in [4.69, 9.17) is 4.74 Å². The number of aromatic nitrogens is 3. The van der Waals surface area contributed by atoms with Gasteiger partial charge in [-0.15, -0.1) is 5.10 Å². The molecule has 4 aliphatic heterocycles. The normalized spacial score (nSPS) is 25.3. The van der Waals surface area contributed by atoms with Gasteiger partial charge in [-0.05, 0) is 81.3 Å². The fourth-order valence-corrected chi connectivity index (χ4v) is 12.0. The van der Waals surface area contributed by atoms with E-state index in [1.807, 2.05) is 78.6 Å². The summed E-state index contributed by atoms with van der Waals surface area (Å²) in [4.78, 5) is 35.0. The van der Waals surface area contributed by atoms with Gasteiger partial charge in [-0.3, -0.25) is 19.2 Å². The van der Waals surface area contributed by atoms with Gasteiger partial charge in [0.25, 0.3) is 11.8 Å². The molecule has 3 saturated heterocycles. The molecule has 8 rings (SSSR count). The lowest BCUT2D eigenvalue weighted by Gasteiger charge is -2.39. The molecular formula is C40H48FN7O4Si. The molecule has 4 aromatic rings. The Labute approximate surface area is 310 Å². The van der Waals surface area contributed by atoms with Gasteiger partial charge in [-0.1, -0.05) is 60.7 Å². The van der Waals surface area contributed by atoms with Crippen LogP contribution in [0, 0.1) is 5.92 Å². The van der Waals surface area contributed by atoms with Crippen LogP contribution in [0.5, 0.6) is 0 Å². The van der Waals surface area contributed by atoms with Gasteiger partial charge in [-0.2, -0.15) is 0 Å². The van der Waals surface area contributed by atoms with Crippen molar-refractivity contribution in [1.29, 1.82) is 0 Å². The van der Waals surface area contributed by atoms with Crippen molar-refractivity contribution in [3.05, 3.63) is 102 Å². The molecule has 3 fully saturated rings. The Bertz CT molecular complexity index is 1970. The van der Waals surface area contributed by atoms with Gasteiger partial charge >= 0.3 is 0 Å². The molecular weight excluding hydrogens is 690 g/mol. The second-order valence-electron chi connectivity index (χ2n) is 15.5. The first kappa shape index (κ1) is 35.6. The van der Waals surface area contributed by atoms with Gasteiger partial charge in [0.05, 0.1) is 30.7 Å². The zero-order chi connectivity index (χ0) is 37.0. The maximum atomic E-state index is 16.3. The number of nitrogens with zero attached hydrogens (tertiary/aromatic N) is 6. The predicted octanol–water partition coefficient (Wildman–Crippen LogP) is 5.16. The summed E-state index contributed by atoms with van der Waals surface area (Å²) in [6, 6.07) is 25.9. The van der Waals surface area contributed by atoms with E-state index in [2.05, 4.69) is 32.7 Å². The van der Waals surface area contributed by atoms with E-state index in [1.54, 1.807) is 28.9 Å². The van der Waals surface area contributed by atoms with Crippen molar-refractivity contribution in [2.24, 2.45) is 5.92 Å². The van der Waals surface area contributed by atoms with Crippen LogP contribution < -0.4 is 20.0 Å². The van der Waals surface area contributed by atoms with E-state index in [1.165, 1.54) is 0 Å². The predicted molar refractivity (Wildman–Crippen MR) is 204 cm³/mol. The van der Waals surface area contributed by atoms with Crippen LogP contribution in [-0.4, -0.2) is 78.3 Å². The maximum Gasteiger partial charge on any atom is 0.264 e. The summed E-state index contributed by atoms with van der Waals surface area (Å²) in [5, 5.41) is 21.0. The number of hydrogen-bond donors (Lipinski definition) is 2. The van der Waals surface area contributed by atoms with Crippen molar-refractivity contribution in [3.63, 3.8) is 0 Å². The van der Waals surface area contributed by atoms with E-state index in [9.17, 15) is 14.7 Å². The van der Waals surface area contributed by atoms with Gasteiger partial charge in [0, 0.05) is 54.2 Å². The largest absolute Gasteiger partial charge is 0.396 e. The molecule has 5 heterocycles. The number of nitrogens with one attached hydrogen (secondary N) is 1. The number of carbonyl (C=O) groups excluding carboxylic acids is 2. The van der Waals surface area contributed by atoms with E-state index < -0.39 is 37.1 Å². The summed E-state index contributed by atoms with van der Waals surface area (Å²) < 4.78 is 24.9. The van der Waals surface area contributed by atoms with Crippen molar-refractivity contribution >= 4 is 37.3 Å². The minimum absolute atomic E-state index is 0.0132. The number of para-hydroxylation sites is 2. The zero-order valence-corrected chi connectivity index (χ0v) is 31.6. The van der Waals surface area contributed by atoms with Crippen LogP contribution in [0.4, 0.5) is 21.2 Å².